The third kappa shape index (κ3) is 5.25. The molecule has 1 aromatic rings. The molecule has 1 aliphatic rings. The fourth-order valence-corrected chi connectivity index (χ4v) is 3.50. The van der Waals surface area contributed by atoms with E-state index in [2.05, 4.69) is 41.9 Å². The summed E-state index contributed by atoms with van der Waals surface area (Å²) in [6, 6.07) is 8.55. The lowest BCUT2D eigenvalue weighted by molar-refractivity contribution is -0.134. The van der Waals surface area contributed by atoms with Crippen molar-refractivity contribution in [3.8, 4) is 0 Å². The lowest BCUT2D eigenvalue weighted by atomic mass is 9.99. The molecular weight excluding hydrogens is 364 g/mol. The second-order valence-electron chi connectivity index (χ2n) is 6.30. The molecule has 0 unspecified atom stereocenters. The van der Waals surface area contributed by atoms with Crippen molar-refractivity contribution in [2.24, 2.45) is 11.7 Å². The number of hydrogen-bond donors (Lipinski definition) is 1. The molecule has 124 valence electrons. The Kier molecular flexibility index (Phi) is 7.87. The highest BCUT2D eigenvalue weighted by atomic mass is 79.9. The number of hydrogen-bond acceptors (Lipinski definition) is 2. The molecule has 0 heterocycles. The van der Waals surface area contributed by atoms with Crippen molar-refractivity contribution in [2.45, 2.75) is 58.2 Å². The Morgan fingerprint density at radius 1 is 1.41 bits per heavy atom. The molecule has 2 atom stereocenters. The largest absolute Gasteiger partial charge is 0.336 e. The first kappa shape index (κ1) is 19.5. The van der Waals surface area contributed by atoms with Crippen molar-refractivity contribution in [3.63, 3.8) is 0 Å². The highest BCUT2D eigenvalue weighted by Crippen LogP contribution is 2.28. The Balaban J connectivity index is 0.00000242. The van der Waals surface area contributed by atoms with Crippen LogP contribution >= 0.6 is 28.3 Å². The third-order valence-corrected chi connectivity index (χ3v) is 4.83. The summed E-state index contributed by atoms with van der Waals surface area (Å²) in [4.78, 5) is 14.6. The fraction of sp³-hybridized carbons (Fsp3) is 0.588. The Hall–Kier alpha value is -0.580. The van der Waals surface area contributed by atoms with Crippen LogP contribution in [0.1, 0.15) is 45.1 Å². The van der Waals surface area contributed by atoms with Crippen molar-refractivity contribution >= 4 is 34.2 Å². The average molecular weight is 390 g/mol. The van der Waals surface area contributed by atoms with E-state index in [-0.39, 0.29) is 30.4 Å². The molecule has 5 heteroatoms. The normalized spacial score (nSPS) is 20.8. The molecule has 1 fully saturated rings. The number of amides is 1. The second-order valence-corrected chi connectivity index (χ2v) is 7.22. The molecule has 1 aliphatic carbocycles. The van der Waals surface area contributed by atoms with Crippen LogP contribution in [0.25, 0.3) is 0 Å². The van der Waals surface area contributed by atoms with Gasteiger partial charge in [0.2, 0.25) is 5.91 Å². The van der Waals surface area contributed by atoms with Crippen molar-refractivity contribution in [1.29, 1.82) is 0 Å². The summed E-state index contributed by atoms with van der Waals surface area (Å²) in [7, 11) is 0. The van der Waals surface area contributed by atoms with Gasteiger partial charge >= 0.3 is 0 Å². The van der Waals surface area contributed by atoms with E-state index in [1.807, 2.05) is 17.0 Å². The van der Waals surface area contributed by atoms with Gasteiger partial charge in [-0.1, -0.05) is 34.5 Å². The summed E-state index contributed by atoms with van der Waals surface area (Å²) in [5.74, 6) is 0.591. The maximum atomic E-state index is 12.6. The Morgan fingerprint density at radius 3 is 2.68 bits per heavy atom. The van der Waals surface area contributed by atoms with Gasteiger partial charge in [-0.25, -0.2) is 0 Å². The molecule has 0 aromatic heterocycles. The van der Waals surface area contributed by atoms with Gasteiger partial charge in [-0.2, -0.15) is 0 Å². The van der Waals surface area contributed by atoms with E-state index in [0.717, 1.165) is 29.3 Å². The molecule has 22 heavy (non-hydrogen) atoms. The van der Waals surface area contributed by atoms with Gasteiger partial charge < -0.3 is 10.6 Å². The number of carbonyl (C=O) groups is 1. The SMILES string of the molecule is CC(C)N(Cc1cccc(Br)c1)C(=O)C[C@@H]1CCC[C@H]1N.Cl. The summed E-state index contributed by atoms with van der Waals surface area (Å²) >= 11 is 3.48. The molecule has 3 nitrogen and oxygen atoms in total. The standard InChI is InChI=1S/C17H25BrN2O.ClH/c1-12(2)20(11-13-5-3-7-15(18)9-13)17(21)10-14-6-4-8-16(14)19;/h3,5,7,9,12,14,16H,4,6,8,10-11,19H2,1-2H3;1H/t14-,16+;/m0./s1. The number of nitrogens with zero attached hydrogens (tertiary/aromatic N) is 1. The predicted octanol–water partition coefficient (Wildman–Crippen LogP) is 4.13. The first-order valence-electron chi connectivity index (χ1n) is 7.77. The van der Waals surface area contributed by atoms with Gasteiger partial charge in [0.05, 0.1) is 0 Å². The van der Waals surface area contributed by atoms with Crippen LogP contribution in [0.5, 0.6) is 0 Å². The van der Waals surface area contributed by atoms with Gasteiger partial charge in [-0.3, -0.25) is 4.79 Å². The molecule has 0 saturated heterocycles. The van der Waals surface area contributed by atoms with Crippen LogP contribution in [0.2, 0.25) is 0 Å². The smallest absolute Gasteiger partial charge is 0.223 e. The monoisotopic (exact) mass is 388 g/mol. The van der Waals surface area contributed by atoms with E-state index < -0.39 is 0 Å². The second kappa shape index (κ2) is 8.90. The van der Waals surface area contributed by atoms with Crippen LogP contribution in [-0.2, 0) is 11.3 Å². The summed E-state index contributed by atoms with van der Waals surface area (Å²) in [6.07, 6.45) is 3.90. The maximum Gasteiger partial charge on any atom is 0.223 e. The number of nitrogens with two attached hydrogens (primary N) is 1. The Bertz CT molecular complexity index is 495. The zero-order valence-electron chi connectivity index (χ0n) is 13.3. The van der Waals surface area contributed by atoms with Crippen LogP contribution in [0.4, 0.5) is 0 Å². The van der Waals surface area contributed by atoms with Gasteiger partial charge in [0.15, 0.2) is 0 Å². The number of halogens is 2. The number of carbonyl (C=O) groups excluding carboxylic acids is 1. The van der Waals surface area contributed by atoms with Crippen LogP contribution in [-0.4, -0.2) is 22.9 Å². The summed E-state index contributed by atoms with van der Waals surface area (Å²) < 4.78 is 1.05. The first-order chi connectivity index (χ1) is 9.97. The van der Waals surface area contributed by atoms with E-state index in [1.165, 1.54) is 0 Å². The quantitative estimate of drug-likeness (QED) is 0.823. The Labute approximate surface area is 148 Å². The van der Waals surface area contributed by atoms with Crippen LogP contribution in [0.15, 0.2) is 28.7 Å². The van der Waals surface area contributed by atoms with E-state index >= 15 is 0 Å². The molecule has 1 amide bonds. The maximum absolute atomic E-state index is 12.6. The molecular formula is C17H26BrClN2O. The number of benzene rings is 1. The first-order valence-corrected chi connectivity index (χ1v) is 8.56. The van der Waals surface area contributed by atoms with Gasteiger partial charge in [0.25, 0.3) is 0 Å². The minimum atomic E-state index is 0. The zero-order valence-corrected chi connectivity index (χ0v) is 15.7. The molecule has 0 spiro atoms. The minimum absolute atomic E-state index is 0. The van der Waals surface area contributed by atoms with Crippen LogP contribution in [0.3, 0.4) is 0 Å². The zero-order chi connectivity index (χ0) is 15.4. The van der Waals surface area contributed by atoms with E-state index in [0.29, 0.717) is 18.9 Å². The molecule has 2 rings (SSSR count). The molecule has 1 aromatic carbocycles. The summed E-state index contributed by atoms with van der Waals surface area (Å²) in [5, 5.41) is 0. The van der Waals surface area contributed by atoms with Gasteiger partial charge in [0.1, 0.15) is 0 Å². The average Bonchev–Trinajstić information content (AvgIpc) is 2.81. The molecule has 0 radical (unpaired) electrons. The summed E-state index contributed by atoms with van der Waals surface area (Å²) in [5.41, 5.74) is 7.25. The van der Waals surface area contributed by atoms with Crippen molar-refractivity contribution < 1.29 is 4.79 Å². The predicted molar refractivity (Wildman–Crippen MR) is 97.0 cm³/mol. The third-order valence-electron chi connectivity index (χ3n) is 4.34. The minimum Gasteiger partial charge on any atom is -0.336 e. The lowest BCUT2D eigenvalue weighted by Crippen LogP contribution is -2.39. The van der Waals surface area contributed by atoms with Gasteiger partial charge in [-0.05, 0) is 50.3 Å². The van der Waals surface area contributed by atoms with E-state index in [4.69, 9.17) is 5.73 Å². The van der Waals surface area contributed by atoms with E-state index in [9.17, 15) is 4.79 Å². The van der Waals surface area contributed by atoms with Crippen molar-refractivity contribution in [3.05, 3.63) is 34.3 Å². The molecule has 1 saturated carbocycles. The topological polar surface area (TPSA) is 46.3 Å². The molecule has 0 aliphatic heterocycles. The van der Waals surface area contributed by atoms with Crippen LogP contribution in [0, 0.1) is 5.92 Å². The number of rotatable bonds is 5. The highest BCUT2D eigenvalue weighted by molar-refractivity contribution is 9.10. The van der Waals surface area contributed by atoms with Gasteiger partial charge in [0, 0.05) is 29.5 Å². The summed E-state index contributed by atoms with van der Waals surface area (Å²) in [6.45, 7) is 4.81. The fourth-order valence-electron chi connectivity index (χ4n) is 3.05. The van der Waals surface area contributed by atoms with Gasteiger partial charge in [-0.15, -0.1) is 12.4 Å². The highest BCUT2D eigenvalue weighted by Gasteiger charge is 2.28. The van der Waals surface area contributed by atoms with Crippen molar-refractivity contribution in [2.75, 3.05) is 0 Å². The molecule has 0 bridgehead atoms. The van der Waals surface area contributed by atoms with E-state index in [1.54, 1.807) is 0 Å². The Morgan fingerprint density at radius 2 is 2.14 bits per heavy atom. The van der Waals surface area contributed by atoms with Crippen LogP contribution < -0.4 is 5.73 Å². The van der Waals surface area contributed by atoms with Crippen molar-refractivity contribution in [1.82, 2.24) is 4.90 Å². The molecule has 2 N–H and O–H groups in total. The lowest BCUT2D eigenvalue weighted by Gasteiger charge is -2.29.